The van der Waals surface area contributed by atoms with Crippen LogP contribution in [0.25, 0.3) is 83.1 Å². The van der Waals surface area contributed by atoms with Crippen molar-refractivity contribution in [2.45, 2.75) is 0 Å². The van der Waals surface area contributed by atoms with E-state index in [9.17, 15) is 0 Å². The molecule has 0 amide bonds. The number of furan rings is 1. The van der Waals surface area contributed by atoms with Gasteiger partial charge in [0.05, 0.1) is 22.1 Å². The molecule has 254 valence electrons. The fourth-order valence-corrected chi connectivity index (χ4v) is 8.04. The van der Waals surface area contributed by atoms with Crippen molar-refractivity contribution in [3.8, 4) is 28.3 Å². The lowest BCUT2D eigenvalue weighted by Crippen LogP contribution is -2.12. The van der Waals surface area contributed by atoms with Crippen LogP contribution in [0, 0.1) is 0 Å². The lowest BCUT2D eigenvalue weighted by Gasteiger charge is -2.28. The Bertz CT molecular complexity index is 3160. The number of rotatable bonds is 6. The van der Waals surface area contributed by atoms with Gasteiger partial charge in [0.25, 0.3) is 0 Å². The summed E-state index contributed by atoms with van der Waals surface area (Å²) in [6, 6.07) is 65.5. The molecule has 3 aromatic heterocycles. The summed E-state index contributed by atoms with van der Waals surface area (Å²) >= 11 is 0. The van der Waals surface area contributed by atoms with Crippen molar-refractivity contribution in [3.05, 3.63) is 188 Å². The molecule has 11 rings (SSSR count). The smallest absolute Gasteiger partial charge is 0.227 e. The first-order chi connectivity index (χ1) is 26.8. The van der Waals surface area contributed by atoms with Crippen LogP contribution in [0.5, 0.6) is 0 Å². The zero-order valence-electron chi connectivity index (χ0n) is 29.1. The van der Waals surface area contributed by atoms with E-state index in [1.165, 1.54) is 10.8 Å². The topological polar surface area (TPSA) is 47.3 Å². The van der Waals surface area contributed by atoms with Gasteiger partial charge in [-0.05, 0) is 60.2 Å². The van der Waals surface area contributed by atoms with Gasteiger partial charge in [-0.25, -0.2) is 4.98 Å². The number of nitrogens with zero attached hydrogens (tertiary/aromatic N) is 3. The van der Waals surface area contributed by atoms with E-state index in [1.54, 1.807) is 0 Å². The summed E-state index contributed by atoms with van der Waals surface area (Å²) < 4.78 is 15.9. The Morgan fingerprint density at radius 2 is 1.13 bits per heavy atom. The molecule has 0 radical (unpaired) electrons. The Balaban J connectivity index is 1.29. The fourth-order valence-electron chi connectivity index (χ4n) is 8.04. The van der Waals surface area contributed by atoms with E-state index in [0.717, 1.165) is 77.9 Å². The molecule has 5 heteroatoms. The molecule has 3 heterocycles. The summed E-state index contributed by atoms with van der Waals surface area (Å²) in [4.78, 5) is 7.44. The highest BCUT2D eigenvalue weighted by atomic mass is 16.4. The summed E-state index contributed by atoms with van der Waals surface area (Å²) in [6.07, 6.45) is 0. The van der Waals surface area contributed by atoms with E-state index >= 15 is 0 Å². The highest BCUT2D eigenvalue weighted by Gasteiger charge is 2.28. The average Bonchev–Trinajstić information content (AvgIpc) is 3.93. The van der Waals surface area contributed by atoms with E-state index in [2.05, 4.69) is 149 Å². The molecule has 0 saturated heterocycles. The SMILES string of the molecule is c1ccc(-c2nc3cc4oc5ccccc5c4c(N(c4ccc5c6ccccc6n(-c6ccccc6)c5c4)c4ccccc4-c4ccccc4)c3o2)cc1. The second kappa shape index (κ2) is 12.1. The number of aromatic nitrogens is 2. The van der Waals surface area contributed by atoms with Crippen molar-refractivity contribution < 1.29 is 8.83 Å². The van der Waals surface area contributed by atoms with Crippen LogP contribution >= 0.6 is 0 Å². The minimum atomic E-state index is 0.555. The highest BCUT2D eigenvalue weighted by molar-refractivity contribution is 6.21. The van der Waals surface area contributed by atoms with Crippen LogP contribution < -0.4 is 4.90 Å². The van der Waals surface area contributed by atoms with Crippen LogP contribution in [-0.2, 0) is 0 Å². The molecule has 0 aliphatic rings. The number of para-hydroxylation sites is 4. The van der Waals surface area contributed by atoms with E-state index in [1.807, 2.05) is 48.5 Å². The number of oxazole rings is 1. The second-order valence-electron chi connectivity index (χ2n) is 13.5. The predicted molar refractivity (Wildman–Crippen MR) is 221 cm³/mol. The third-order valence-corrected chi connectivity index (χ3v) is 10.4. The Morgan fingerprint density at radius 1 is 0.481 bits per heavy atom. The van der Waals surface area contributed by atoms with Gasteiger partial charge < -0.3 is 18.3 Å². The van der Waals surface area contributed by atoms with Gasteiger partial charge in [0.15, 0.2) is 5.58 Å². The summed E-state index contributed by atoms with van der Waals surface area (Å²) in [5.74, 6) is 0.555. The van der Waals surface area contributed by atoms with Crippen LogP contribution in [-0.4, -0.2) is 9.55 Å². The van der Waals surface area contributed by atoms with Gasteiger partial charge in [-0.3, -0.25) is 0 Å². The number of benzene rings is 8. The standard InChI is InChI=1S/C49H31N3O2/c1-4-16-32(17-5-1)36-22-10-13-25-41(36)52(35-28-29-38-37-23-11-14-26-42(37)51(43(38)30-35)34-20-8-3-9-21-34)47-46-39-24-12-15-27-44(39)53-45(46)31-40-48(47)54-49(50-40)33-18-6-2-7-19-33/h1-31H. The third kappa shape index (κ3) is 4.69. The molecule has 0 fully saturated rings. The van der Waals surface area contributed by atoms with Crippen molar-refractivity contribution in [3.63, 3.8) is 0 Å². The van der Waals surface area contributed by atoms with Gasteiger partial charge in [0.1, 0.15) is 22.4 Å². The summed E-state index contributed by atoms with van der Waals surface area (Å²) in [7, 11) is 0. The summed E-state index contributed by atoms with van der Waals surface area (Å²) in [6.45, 7) is 0. The molecule has 0 saturated carbocycles. The molecular weight excluding hydrogens is 663 g/mol. The zero-order valence-corrected chi connectivity index (χ0v) is 29.1. The van der Waals surface area contributed by atoms with E-state index in [4.69, 9.17) is 13.8 Å². The molecule has 0 spiro atoms. The van der Waals surface area contributed by atoms with Gasteiger partial charge in [-0.2, -0.15) is 0 Å². The summed E-state index contributed by atoms with van der Waals surface area (Å²) in [5.41, 5.74) is 12.3. The molecule has 11 aromatic rings. The maximum Gasteiger partial charge on any atom is 0.227 e. The van der Waals surface area contributed by atoms with Crippen molar-refractivity contribution in [1.29, 1.82) is 0 Å². The maximum absolute atomic E-state index is 6.91. The molecule has 8 aromatic carbocycles. The Morgan fingerprint density at radius 3 is 1.94 bits per heavy atom. The van der Waals surface area contributed by atoms with Crippen molar-refractivity contribution in [2.75, 3.05) is 4.90 Å². The first-order valence-electron chi connectivity index (χ1n) is 18.1. The van der Waals surface area contributed by atoms with E-state index in [0.29, 0.717) is 11.5 Å². The number of fused-ring (bicyclic) bond motifs is 7. The molecular formula is C49H31N3O2. The van der Waals surface area contributed by atoms with Crippen LogP contribution in [0.15, 0.2) is 197 Å². The molecule has 0 aliphatic carbocycles. The van der Waals surface area contributed by atoms with Crippen LogP contribution in [0.3, 0.4) is 0 Å². The first kappa shape index (κ1) is 30.3. The van der Waals surface area contributed by atoms with Crippen LogP contribution in [0.4, 0.5) is 17.1 Å². The van der Waals surface area contributed by atoms with Gasteiger partial charge in [0, 0.05) is 44.7 Å². The van der Waals surface area contributed by atoms with Crippen LogP contribution in [0.2, 0.25) is 0 Å². The minimum absolute atomic E-state index is 0.555. The quantitative estimate of drug-likeness (QED) is 0.174. The van der Waals surface area contributed by atoms with E-state index in [-0.39, 0.29) is 0 Å². The van der Waals surface area contributed by atoms with Gasteiger partial charge in [0.2, 0.25) is 5.89 Å². The molecule has 0 aliphatic heterocycles. The Labute approximate surface area is 310 Å². The highest BCUT2D eigenvalue weighted by Crippen LogP contribution is 2.50. The number of anilines is 3. The molecule has 54 heavy (non-hydrogen) atoms. The largest absolute Gasteiger partial charge is 0.456 e. The minimum Gasteiger partial charge on any atom is -0.456 e. The van der Waals surface area contributed by atoms with Crippen molar-refractivity contribution in [2.24, 2.45) is 0 Å². The molecule has 0 N–H and O–H groups in total. The van der Waals surface area contributed by atoms with Gasteiger partial charge >= 0.3 is 0 Å². The maximum atomic E-state index is 6.91. The number of hydrogen-bond acceptors (Lipinski definition) is 4. The van der Waals surface area contributed by atoms with Gasteiger partial charge in [-0.15, -0.1) is 0 Å². The predicted octanol–water partition coefficient (Wildman–Crippen LogP) is 13.6. The van der Waals surface area contributed by atoms with Crippen molar-refractivity contribution >= 4 is 71.9 Å². The molecule has 0 atom stereocenters. The monoisotopic (exact) mass is 693 g/mol. The first-order valence-corrected chi connectivity index (χ1v) is 18.1. The van der Waals surface area contributed by atoms with Gasteiger partial charge in [-0.1, -0.05) is 127 Å². The molecule has 0 bridgehead atoms. The lowest BCUT2D eigenvalue weighted by atomic mass is 10.0. The third-order valence-electron chi connectivity index (χ3n) is 10.4. The second-order valence-corrected chi connectivity index (χ2v) is 13.5. The van der Waals surface area contributed by atoms with E-state index < -0.39 is 0 Å². The lowest BCUT2D eigenvalue weighted by molar-refractivity contribution is 0.620. The number of hydrogen-bond donors (Lipinski definition) is 0. The normalized spacial score (nSPS) is 11.7. The Kier molecular flexibility index (Phi) is 6.79. The Hall–Kier alpha value is -7.37. The summed E-state index contributed by atoms with van der Waals surface area (Å²) in [5, 5.41) is 4.34. The molecule has 5 nitrogen and oxygen atoms in total. The zero-order chi connectivity index (χ0) is 35.6. The molecule has 0 unspecified atom stereocenters. The average molecular weight is 694 g/mol. The van der Waals surface area contributed by atoms with Crippen LogP contribution in [0.1, 0.15) is 0 Å². The van der Waals surface area contributed by atoms with Crippen molar-refractivity contribution in [1.82, 2.24) is 9.55 Å². The fraction of sp³-hybridized carbons (Fsp3) is 0.